The molecule has 0 saturated heterocycles. The van der Waals surface area contributed by atoms with Gasteiger partial charge in [-0.05, 0) is 48.7 Å². The molecule has 3 aromatic rings. The Morgan fingerprint density at radius 2 is 2.07 bits per heavy atom. The highest BCUT2D eigenvalue weighted by Gasteiger charge is 2.51. The average molecular weight is 426 g/mol. The van der Waals surface area contributed by atoms with Crippen LogP contribution in [-0.4, -0.2) is 34.8 Å². The number of para-hydroxylation sites is 2. The molecule has 0 atom stereocenters. The second-order valence-corrected chi connectivity index (χ2v) is 8.08. The molecule has 1 N–H and O–H groups in total. The second kappa shape index (κ2) is 5.92. The highest BCUT2D eigenvalue weighted by molar-refractivity contribution is 9.10. The summed E-state index contributed by atoms with van der Waals surface area (Å²) in [6, 6.07) is 13.2. The molecule has 136 valence electrons. The number of rotatable bonds is 3. The van der Waals surface area contributed by atoms with E-state index in [2.05, 4.69) is 26.2 Å². The summed E-state index contributed by atoms with van der Waals surface area (Å²) in [6.45, 7) is 0.547. The number of fused-ring (bicyclic) bond motifs is 3. The Bertz CT molecular complexity index is 1050. The predicted molar refractivity (Wildman–Crippen MR) is 104 cm³/mol. The third-order valence-corrected chi connectivity index (χ3v) is 5.79. The van der Waals surface area contributed by atoms with Crippen LogP contribution < -0.4 is 5.32 Å². The average Bonchev–Trinajstić information content (AvgIpc) is 3.30. The van der Waals surface area contributed by atoms with E-state index in [9.17, 15) is 9.59 Å². The Labute approximate surface area is 163 Å². The van der Waals surface area contributed by atoms with Crippen molar-refractivity contribution in [3.05, 3.63) is 58.1 Å². The maximum Gasteiger partial charge on any atom is 0.302 e. The van der Waals surface area contributed by atoms with Crippen molar-refractivity contribution in [2.75, 3.05) is 18.4 Å². The normalized spacial score (nSPS) is 17.2. The minimum atomic E-state index is -0.314. The van der Waals surface area contributed by atoms with E-state index in [1.165, 1.54) is 0 Å². The van der Waals surface area contributed by atoms with E-state index >= 15 is 0 Å². The molecule has 5 rings (SSSR count). The zero-order chi connectivity index (χ0) is 18.6. The highest BCUT2D eigenvalue weighted by atomic mass is 79.9. The third kappa shape index (κ3) is 2.82. The summed E-state index contributed by atoms with van der Waals surface area (Å²) in [5.74, 6) is -0.422. The monoisotopic (exact) mass is 425 g/mol. The van der Waals surface area contributed by atoms with Gasteiger partial charge in [-0.25, -0.2) is 0 Å². The number of anilines is 1. The Morgan fingerprint density at radius 1 is 1.26 bits per heavy atom. The van der Waals surface area contributed by atoms with Crippen LogP contribution in [0.2, 0.25) is 0 Å². The summed E-state index contributed by atoms with van der Waals surface area (Å²) >= 11 is 3.49. The topological polar surface area (TPSA) is 75.4 Å². The van der Waals surface area contributed by atoms with Gasteiger partial charge in [0.1, 0.15) is 12.1 Å². The molecule has 2 aromatic carbocycles. The van der Waals surface area contributed by atoms with Crippen LogP contribution in [0.4, 0.5) is 6.01 Å². The number of aromatic nitrogens is 1. The molecule has 1 fully saturated rings. The van der Waals surface area contributed by atoms with Crippen molar-refractivity contribution in [2.24, 2.45) is 0 Å². The molecule has 1 aliphatic heterocycles. The third-order valence-electron chi connectivity index (χ3n) is 5.29. The van der Waals surface area contributed by atoms with Gasteiger partial charge < -0.3 is 9.32 Å². The van der Waals surface area contributed by atoms with E-state index in [0.29, 0.717) is 23.2 Å². The van der Waals surface area contributed by atoms with Crippen LogP contribution in [0, 0.1) is 0 Å². The predicted octanol–water partition coefficient (Wildman–Crippen LogP) is 3.72. The molecule has 1 aliphatic carbocycles. The van der Waals surface area contributed by atoms with Crippen molar-refractivity contribution in [3.63, 3.8) is 0 Å². The summed E-state index contributed by atoms with van der Waals surface area (Å²) in [4.78, 5) is 31.2. The smallest absolute Gasteiger partial charge is 0.302 e. The maximum atomic E-state index is 12.9. The molecule has 27 heavy (non-hydrogen) atoms. The molecule has 0 radical (unpaired) electrons. The van der Waals surface area contributed by atoms with Gasteiger partial charge in [0.05, 0.1) is 0 Å². The Balaban J connectivity index is 1.35. The van der Waals surface area contributed by atoms with Crippen LogP contribution in [0.1, 0.15) is 28.8 Å². The van der Waals surface area contributed by atoms with Gasteiger partial charge in [0, 0.05) is 22.0 Å². The zero-order valence-electron chi connectivity index (χ0n) is 14.4. The Morgan fingerprint density at radius 3 is 2.85 bits per heavy atom. The molecule has 2 aliphatic rings. The molecule has 2 amide bonds. The number of hydrogen-bond acceptors (Lipinski definition) is 4. The SMILES string of the molecule is O=C(CN1CC2(CC2)c2cc(Br)ccc2C1=O)Nc1nc2ccccc2o1. The quantitative estimate of drug-likeness (QED) is 0.693. The lowest BCUT2D eigenvalue weighted by atomic mass is 9.86. The molecule has 6 nitrogen and oxygen atoms in total. The standard InChI is InChI=1S/C20H16BrN3O3/c21-12-5-6-13-14(9-12)20(7-8-20)11-24(18(13)26)10-17(25)23-19-22-15-3-1-2-4-16(15)27-19/h1-6,9H,7-8,10-11H2,(H,22,23,25). The number of benzene rings is 2. The van der Waals surface area contributed by atoms with Crippen molar-refractivity contribution in [1.82, 2.24) is 9.88 Å². The van der Waals surface area contributed by atoms with E-state index in [-0.39, 0.29) is 29.8 Å². The molecule has 0 bridgehead atoms. The van der Waals surface area contributed by atoms with Crippen LogP contribution in [0.5, 0.6) is 0 Å². The van der Waals surface area contributed by atoms with Crippen molar-refractivity contribution < 1.29 is 14.0 Å². The fraction of sp³-hybridized carbons (Fsp3) is 0.250. The lowest BCUT2D eigenvalue weighted by molar-refractivity contribution is -0.117. The summed E-state index contributed by atoms with van der Waals surface area (Å²) in [5.41, 5.74) is 3.07. The van der Waals surface area contributed by atoms with Crippen molar-refractivity contribution >= 4 is 44.9 Å². The minimum absolute atomic E-state index is 0.00901. The molecular weight excluding hydrogens is 410 g/mol. The molecule has 1 aromatic heterocycles. The summed E-state index contributed by atoms with van der Waals surface area (Å²) in [5, 5.41) is 2.66. The summed E-state index contributed by atoms with van der Waals surface area (Å²) in [6.07, 6.45) is 2.07. The van der Waals surface area contributed by atoms with Crippen LogP contribution >= 0.6 is 15.9 Å². The number of halogens is 1. The zero-order valence-corrected chi connectivity index (χ0v) is 16.0. The number of amides is 2. The van der Waals surface area contributed by atoms with Crippen molar-refractivity contribution in [2.45, 2.75) is 18.3 Å². The van der Waals surface area contributed by atoms with Gasteiger partial charge in [0.2, 0.25) is 5.91 Å². The van der Waals surface area contributed by atoms with E-state index in [1.807, 2.05) is 36.4 Å². The van der Waals surface area contributed by atoms with Crippen LogP contribution in [0.25, 0.3) is 11.1 Å². The van der Waals surface area contributed by atoms with Crippen LogP contribution in [0.15, 0.2) is 51.4 Å². The van der Waals surface area contributed by atoms with Crippen LogP contribution in [0.3, 0.4) is 0 Å². The Kier molecular flexibility index (Phi) is 3.62. The highest BCUT2D eigenvalue weighted by Crippen LogP contribution is 2.52. The van der Waals surface area contributed by atoms with Crippen molar-refractivity contribution in [1.29, 1.82) is 0 Å². The second-order valence-electron chi connectivity index (χ2n) is 7.17. The first-order valence-corrected chi connectivity index (χ1v) is 9.58. The first kappa shape index (κ1) is 16.5. The van der Waals surface area contributed by atoms with E-state index in [0.717, 1.165) is 22.9 Å². The number of nitrogens with zero attached hydrogens (tertiary/aromatic N) is 2. The lowest BCUT2D eigenvalue weighted by Crippen LogP contribution is -2.46. The van der Waals surface area contributed by atoms with Crippen LogP contribution in [-0.2, 0) is 10.2 Å². The fourth-order valence-corrected chi connectivity index (χ4v) is 4.16. The number of carbonyl (C=O) groups is 2. The lowest BCUT2D eigenvalue weighted by Gasteiger charge is -2.34. The first-order valence-electron chi connectivity index (χ1n) is 8.79. The molecule has 7 heteroatoms. The number of nitrogens with one attached hydrogen (secondary N) is 1. The van der Waals surface area contributed by atoms with E-state index < -0.39 is 0 Å². The largest absolute Gasteiger partial charge is 0.423 e. The van der Waals surface area contributed by atoms with Gasteiger partial charge in [0.15, 0.2) is 5.58 Å². The summed E-state index contributed by atoms with van der Waals surface area (Å²) < 4.78 is 6.50. The fourth-order valence-electron chi connectivity index (χ4n) is 3.80. The number of hydrogen-bond donors (Lipinski definition) is 1. The molecular formula is C20H16BrN3O3. The Hall–Kier alpha value is -2.67. The minimum Gasteiger partial charge on any atom is -0.423 e. The van der Waals surface area contributed by atoms with Gasteiger partial charge in [-0.3, -0.25) is 14.9 Å². The summed E-state index contributed by atoms with van der Waals surface area (Å²) in [7, 11) is 0. The van der Waals surface area contributed by atoms with Crippen molar-refractivity contribution in [3.8, 4) is 0 Å². The van der Waals surface area contributed by atoms with E-state index in [1.54, 1.807) is 11.0 Å². The van der Waals surface area contributed by atoms with E-state index in [4.69, 9.17) is 4.42 Å². The van der Waals surface area contributed by atoms with Gasteiger partial charge in [0.25, 0.3) is 5.91 Å². The van der Waals surface area contributed by atoms with Gasteiger partial charge in [-0.15, -0.1) is 0 Å². The van der Waals surface area contributed by atoms with Gasteiger partial charge >= 0.3 is 6.01 Å². The number of carbonyl (C=O) groups excluding carboxylic acids is 2. The molecule has 2 heterocycles. The molecule has 0 unspecified atom stereocenters. The van der Waals surface area contributed by atoms with Gasteiger partial charge in [-0.1, -0.05) is 28.1 Å². The number of oxazole rings is 1. The molecule has 1 spiro atoms. The molecule has 1 saturated carbocycles. The van der Waals surface area contributed by atoms with Gasteiger partial charge in [-0.2, -0.15) is 4.98 Å². The first-order chi connectivity index (χ1) is 13.0. The maximum absolute atomic E-state index is 12.9.